The van der Waals surface area contributed by atoms with Crippen LogP contribution in [0.1, 0.15) is 5.56 Å². The molecule has 0 nitrogen and oxygen atoms in total. The van der Waals surface area contributed by atoms with Gasteiger partial charge in [-0.1, -0.05) is 0 Å². The normalized spacial score (nSPS) is 12.2. The molecule has 0 unspecified atom stereocenters. The lowest BCUT2D eigenvalue weighted by Gasteiger charge is -2.15. The molecule has 78 valence electrons. The number of halogens is 6. The van der Waals surface area contributed by atoms with Crippen LogP contribution in [-0.4, -0.2) is 6.43 Å². The molecule has 0 fully saturated rings. The Hall–Kier alpha value is -1.20. The summed E-state index contributed by atoms with van der Waals surface area (Å²) < 4.78 is 73.5. The molecule has 1 rings (SSSR count). The van der Waals surface area contributed by atoms with Crippen molar-refractivity contribution < 1.29 is 26.3 Å². The fourth-order valence-electron chi connectivity index (χ4n) is 0.872. The van der Waals surface area contributed by atoms with Crippen molar-refractivity contribution >= 4 is 0 Å². The third kappa shape index (κ3) is 2.00. The molecular weight excluding hydrogens is 210 g/mol. The van der Waals surface area contributed by atoms with Crippen LogP contribution in [0.3, 0.4) is 0 Å². The summed E-state index contributed by atoms with van der Waals surface area (Å²) in [4.78, 5) is 0. The Kier molecular flexibility index (Phi) is 2.73. The Morgan fingerprint density at radius 2 is 1.36 bits per heavy atom. The molecule has 0 saturated heterocycles. The quantitative estimate of drug-likeness (QED) is 0.662. The number of hydrogen-bond acceptors (Lipinski definition) is 0. The Bertz CT molecular complexity index is 312. The van der Waals surface area contributed by atoms with Crippen LogP contribution in [0.5, 0.6) is 0 Å². The Balaban J connectivity index is 3.18. The van der Waals surface area contributed by atoms with Crippen molar-refractivity contribution in [1.29, 1.82) is 0 Å². The molecule has 0 radical (unpaired) electrons. The maximum absolute atomic E-state index is 12.6. The Labute approximate surface area is 75.2 Å². The standard InChI is InChI=1S/C8H4F6/c9-5-1-4(2-6(10)3-5)8(13,14)7(11)12/h1-3,7H. The van der Waals surface area contributed by atoms with E-state index >= 15 is 0 Å². The second kappa shape index (κ2) is 3.51. The largest absolute Gasteiger partial charge is 0.332 e. The first kappa shape index (κ1) is 10.9. The lowest BCUT2D eigenvalue weighted by Crippen LogP contribution is -2.23. The molecule has 0 atom stereocenters. The third-order valence-electron chi connectivity index (χ3n) is 1.52. The van der Waals surface area contributed by atoms with E-state index < -0.39 is 29.5 Å². The predicted molar refractivity (Wildman–Crippen MR) is 36.3 cm³/mol. The van der Waals surface area contributed by atoms with Crippen LogP contribution in [0, 0.1) is 11.6 Å². The van der Waals surface area contributed by atoms with Crippen LogP contribution in [-0.2, 0) is 5.92 Å². The van der Waals surface area contributed by atoms with E-state index in [0.717, 1.165) is 0 Å². The maximum atomic E-state index is 12.6. The van der Waals surface area contributed by atoms with Gasteiger partial charge in [0.25, 0.3) is 0 Å². The van der Waals surface area contributed by atoms with Crippen LogP contribution >= 0.6 is 0 Å². The van der Waals surface area contributed by atoms with Crippen molar-refractivity contribution in [3.63, 3.8) is 0 Å². The van der Waals surface area contributed by atoms with Gasteiger partial charge in [0.05, 0.1) is 0 Å². The number of hydrogen-bond donors (Lipinski definition) is 0. The zero-order chi connectivity index (χ0) is 10.9. The van der Waals surface area contributed by atoms with E-state index in [2.05, 4.69) is 0 Å². The minimum Gasteiger partial charge on any atom is -0.207 e. The lowest BCUT2D eigenvalue weighted by molar-refractivity contribution is -0.135. The third-order valence-corrected chi connectivity index (χ3v) is 1.52. The van der Waals surface area contributed by atoms with Crippen molar-refractivity contribution in [2.45, 2.75) is 12.3 Å². The molecule has 0 saturated carbocycles. The van der Waals surface area contributed by atoms with Crippen molar-refractivity contribution in [1.82, 2.24) is 0 Å². The average molecular weight is 214 g/mol. The fraction of sp³-hybridized carbons (Fsp3) is 0.250. The van der Waals surface area contributed by atoms with Crippen LogP contribution in [0.25, 0.3) is 0 Å². The molecule has 0 aromatic heterocycles. The number of benzene rings is 1. The van der Waals surface area contributed by atoms with E-state index in [9.17, 15) is 26.3 Å². The van der Waals surface area contributed by atoms with Gasteiger partial charge in [0.15, 0.2) is 0 Å². The summed E-state index contributed by atoms with van der Waals surface area (Å²) in [5, 5.41) is 0. The van der Waals surface area contributed by atoms with Gasteiger partial charge >= 0.3 is 12.3 Å². The molecule has 1 aromatic rings. The van der Waals surface area contributed by atoms with E-state index in [1.807, 2.05) is 0 Å². The van der Waals surface area contributed by atoms with E-state index in [1.165, 1.54) is 0 Å². The van der Waals surface area contributed by atoms with Gasteiger partial charge in [-0.15, -0.1) is 0 Å². The molecule has 0 spiro atoms. The van der Waals surface area contributed by atoms with Gasteiger partial charge < -0.3 is 0 Å². The van der Waals surface area contributed by atoms with Crippen molar-refractivity contribution in [2.75, 3.05) is 0 Å². The first-order valence-corrected chi connectivity index (χ1v) is 3.46. The van der Waals surface area contributed by atoms with Crippen LogP contribution < -0.4 is 0 Å². The smallest absolute Gasteiger partial charge is 0.207 e. The van der Waals surface area contributed by atoms with E-state index in [0.29, 0.717) is 6.07 Å². The second-order valence-electron chi connectivity index (χ2n) is 2.58. The predicted octanol–water partition coefficient (Wildman–Crippen LogP) is 3.32. The van der Waals surface area contributed by atoms with Crippen molar-refractivity contribution in [2.24, 2.45) is 0 Å². The molecule has 14 heavy (non-hydrogen) atoms. The summed E-state index contributed by atoms with van der Waals surface area (Å²) in [5.74, 6) is -7.18. The summed E-state index contributed by atoms with van der Waals surface area (Å²) in [6.07, 6.45) is -4.00. The van der Waals surface area contributed by atoms with Gasteiger partial charge in [-0.2, -0.15) is 8.78 Å². The first-order valence-electron chi connectivity index (χ1n) is 3.46. The molecular formula is C8H4F6. The molecule has 0 N–H and O–H groups in total. The summed E-state index contributed by atoms with van der Waals surface area (Å²) in [6.45, 7) is 0. The molecule has 0 aliphatic carbocycles. The minimum absolute atomic E-state index is 0.176. The van der Waals surface area contributed by atoms with Gasteiger partial charge in [-0.25, -0.2) is 17.6 Å². The highest BCUT2D eigenvalue weighted by atomic mass is 19.3. The Morgan fingerprint density at radius 1 is 0.929 bits per heavy atom. The topological polar surface area (TPSA) is 0 Å². The second-order valence-corrected chi connectivity index (χ2v) is 2.58. The SMILES string of the molecule is Fc1cc(F)cc(C(F)(F)C(F)F)c1. The van der Waals surface area contributed by atoms with Crippen LogP contribution in [0.2, 0.25) is 0 Å². The van der Waals surface area contributed by atoms with E-state index in [1.54, 1.807) is 0 Å². The first-order chi connectivity index (χ1) is 6.34. The molecule has 1 aromatic carbocycles. The summed E-state index contributed by atoms with van der Waals surface area (Å²) >= 11 is 0. The summed E-state index contributed by atoms with van der Waals surface area (Å²) in [6, 6.07) is 0.676. The molecule has 0 aliphatic heterocycles. The molecule has 6 heteroatoms. The fourth-order valence-corrected chi connectivity index (χ4v) is 0.872. The van der Waals surface area contributed by atoms with Gasteiger partial charge in [0.2, 0.25) is 0 Å². The highest BCUT2D eigenvalue weighted by Gasteiger charge is 2.43. The van der Waals surface area contributed by atoms with Crippen LogP contribution in [0.15, 0.2) is 18.2 Å². The molecule has 0 aliphatic rings. The number of alkyl halides is 4. The Morgan fingerprint density at radius 3 is 1.71 bits per heavy atom. The maximum Gasteiger partial charge on any atom is 0.332 e. The molecule has 0 amide bonds. The van der Waals surface area contributed by atoms with Gasteiger partial charge in [-0.3, -0.25) is 0 Å². The van der Waals surface area contributed by atoms with E-state index in [4.69, 9.17) is 0 Å². The highest BCUT2D eigenvalue weighted by molar-refractivity contribution is 5.22. The van der Waals surface area contributed by atoms with E-state index in [-0.39, 0.29) is 12.1 Å². The zero-order valence-electron chi connectivity index (χ0n) is 6.58. The van der Waals surface area contributed by atoms with Gasteiger partial charge in [-0.05, 0) is 12.1 Å². The number of rotatable bonds is 2. The van der Waals surface area contributed by atoms with Gasteiger partial charge in [0.1, 0.15) is 11.6 Å². The van der Waals surface area contributed by atoms with Crippen molar-refractivity contribution in [3.05, 3.63) is 35.4 Å². The lowest BCUT2D eigenvalue weighted by atomic mass is 10.1. The summed E-state index contributed by atoms with van der Waals surface area (Å²) in [5.41, 5.74) is -1.37. The molecule has 0 heterocycles. The van der Waals surface area contributed by atoms with Crippen molar-refractivity contribution in [3.8, 4) is 0 Å². The molecule has 0 bridgehead atoms. The summed E-state index contributed by atoms with van der Waals surface area (Å²) in [7, 11) is 0. The highest BCUT2D eigenvalue weighted by Crippen LogP contribution is 2.34. The monoisotopic (exact) mass is 214 g/mol. The van der Waals surface area contributed by atoms with Gasteiger partial charge in [0, 0.05) is 11.6 Å². The minimum atomic E-state index is -4.54. The zero-order valence-corrected chi connectivity index (χ0v) is 6.58. The van der Waals surface area contributed by atoms with Crippen LogP contribution in [0.4, 0.5) is 26.3 Å². The average Bonchev–Trinajstić information content (AvgIpc) is 2.01.